The number of nitrogens with two attached hydrogens (primary N) is 1. The third-order valence-electron chi connectivity index (χ3n) is 4.66. The van der Waals surface area contributed by atoms with Gasteiger partial charge in [-0.05, 0) is 18.2 Å². The van der Waals surface area contributed by atoms with Crippen molar-refractivity contribution in [3.05, 3.63) is 64.6 Å². The first-order valence-electron chi connectivity index (χ1n) is 9.05. The van der Waals surface area contributed by atoms with Crippen molar-refractivity contribution in [3.8, 4) is 11.5 Å². The van der Waals surface area contributed by atoms with Gasteiger partial charge in [0.2, 0.25) is 13.7 Å². The second-order valence-electron chi connectivity index (χ2n) is 6.42. The number of hydrogen-bond donors (Lipinski definition) is 3. The van der Waals surface area contributed by atoms with Crippen LogP contribution in [0.25, 0.3) is 21.8 Å². The number of fused-ring (bicyclic) bond motifs is 3. The van der Waals surface area contributed by atoms with Gasteiger partial charge in [-0.2, -0.15) is 0 Å². The fourth-order valence-electron chi connectivity index (χ4n) is 3.36. The summed E-state index contributed by atoms with van der Waals surface area (Å²) in [7, 11) is 0. The Morgan fingerprint density at radius 1 is 1.03 bits per heavy atom. The van der Waals surface area contributed by atoms with Gasteiger partial charge >= 0.3 is 0 Å². The first-order chi connectivity index (χ1) is 15.0. The number of aromatic amines is 1. The molecule has 0 bridgehead atoms. The molecule has 4 N–H and O–H groups in total. The van der Waals surface area contributed by atoms with Gasteiger partial charge in [0.1, 0.15) is 17.1 Å². The molecule has 0 spiro atoms. The van der Waals surface area contributed by atoms with Gasteiger partial charge in [-0.1, -0.05) is 18.2 Å². The van der Waals surface area contributed by atoms with Gasteiger partial charge in [-0.25, -0.2) is 13.8 Å². The van der Waals surface area contributed by atoms with Crippen LogP contribution in [-0.2, 0) is 0 Å². The van der Waals surface area contributed by atoms with Gasteiger partial charge in [0.05, 0.1) is 16.9 Å². The predicted molar refractivity (Wildman–Crippen MR) is 111 cm³/mol. The van der Waals surface area contributed by atoms with E-state index < -0.39 is 19.6 Å². The lowest BCUT2D eigenvalue weighted by molar-refractivity contribution is 0.0993. The topological polar surface area (TPSA) is 119 Å². The maximum Gasteiger partial charge on any atom is 0.257 e. The summed E-state index contributed by atoms with van der Waals surface area (Å²) in [5.74, 6) is -1.08. The van der Waals surface area contributed by atoms with E-state index in [1.807, 2.05) is 0 Å². The first-order valence-corrected chi connectivity index (χ1v) is 9.05. The molecule has 0 atom stereocenters. The number of nitrogens with zero attached hydrogens (tertiary/aromatic N) is 1. The van der Waals surface area contributed by atoms with Gasteiger partial charge in [0, 0.05) is 28.4 Å². The van der Waals surface area contributed by atoms with Gasteiger partial charge in [-0.3, -0.25) is 9.59 Å². The van der Waals surface area contributed by atoms with E-state index in [0.29, 0.717) is 27.5 Å². The molecule has 0 aliphatic carbocycles. The van der Waals surface area contributed by atoms with Gasteiger partial charge in [-0.15, -0.1) is 0 Å². The number of carbonyl (C=O) groups is 1. The number of aromatic nitrogens is 2. The molecule has 2 aromatic carbocycles. The summed E-state index contributed by atoms with van der Waals surface area (Å²) >= 11 is 0. The van der Waals surface area contributed by atoms with E-state index in [1.54, 1.807) is 30.3 Å². The maximum absolute atomic E-state index is 13.0. The first kappa shape index (κ1) is 20.1. The van der Waals surface area contributed by atoms with E-state index in [-0.39, 0.29) is 28.3 Å². The Hall–Kier alpha value is -4.21. The van der Waals surface area contributed by atoms with Crippen LogP contribution in [0.2, 0.25) is 0 Å². The standard InChI is InChI=1S/C21H16F2N4O4/c22-9-30-16-8-17(31-10-23)15(7-13(16)19(24)28)26-14-5-6-25-20-18(14)11-3-1-2-4-12(11)21(29)27-20/h1-8H,9-10H2,(H2,24,28)(H2,25,26,27,29). The van der Waals surface area contributed by atoms with E-state index in [1.165, 1.54) is 18.3 Å². The number of rotatable bonds is 7. The minimum atomic E-state index is -1.21. The highest BCUT2D eigenvalue weighted by Gasteiger charge is 2.18. The van der Waals surface area contributed by atoms with Crippen LogP contribution >= 0.6 is 0 Å². The molecule has 0 unspecified atom stereocenters. The van der Waals surface area contributed by atoms with Crippen LogP contribution in [-0.4, -0.2) is 29.6 Å². The van der Waals surface area contributed by atoms with Crippen molar-refractivity contribution in [2.24, 2.45) is 5.73 Å². The molecule has 0 aliphatic heterocycles. The van der Waals surface area contributed by atoms with Crippen molar-refractivity contribution in [2.45, 2.75) is 0 Å². The summed E-state index contributed by atoms with van der Waals surface area (Å²) in [5.41, 5.74) is 5.97. The number of primary amides is 1. The van der Waals surface area contributed by atoms with E-state index in [9.17, 15) is 18.4 Å². The number of benzene rings is 2. The minimum absolute atomic E-state index is 0.0327. The van der Waals surface area contributed by atoms with Crippen LogP contribution in [0.15, 0.2) is 53.5 Å². The predicted octanol–water partition coefficient (Wildman–Crippen LogP) is 3.53. The largest absolute Gasteiger partial charge is 0.462 e. The Morgan fingerprint density at radius 3 is 2.45 bits per heavy atom. The average molecular weight is 426 g/mol. The van der Waals surface area contributed by atoms with E-state index >= 15 is 0 Å². The zero-order valence-electron chi connectivity index (χ0n) is 15.9. The molecular formula is C21H16F2N4O4. The van der Waals surface area contributed by atoms with Crippen LogP contribution in [0.3, 0.4) is 0 Å². The van der Waals surface area contributed by atoms with Crippen molar-refractivity contribution in [3.63, 3.8) is 0 Å². The summed E-state index contributed by atoms with van der Waals surface area (Å²) in [6.45, 7) is -2.39. The number of H-pyrrole nitrogens is 1. The number of nitrogens with one attached hydrogen (secondary N) is 2. The third-order valence-corrected chi connectivity index (χ3v) is 4.66. The Balaban J connectivity index is 1.93. The number of anilines is 2. The second kappa shape index (κ2) is 8.27. The molecule has 31 heavy (non-hydrogen) atoms. The lowest BCUT2D eigenvalue weighted by Gasteiger charge is -2.17. The fourth-order valence-corrected chi connectivity index (χ4v) is 3.36. The monoisotopic (exact) mass is 426 g/mol. The summed E-state index contributed by atoms with van der Waals surface area (Å²) in [6.07, 6.45) is 1.47. The van der Waals surface area contributed by atoms with E-state index in [0.717, 1.165) is 0 Å². The summed E-state index contributed by atoms with van der Waals surface area (Å²) < 4.78 is 35.5. The molecule has 10 heteroatoms. The third kappa shape index (κ3) is 3.70. The molecule has 2 aromatic heterocycles. The van der Waals surface area contributed by atoms with Crippen LogP contribution in [0, 0.1) is 0 Å². The van der Waals surface area contributed by atoms with Gasteiger partial charge in [0.25, 0.3) is 11.5 Å². The molecule has 158 valence electrons. The van der Waals surface area contributed by atoms with Crippen molar-refractivity contribution in [1.29, 1.82) is 0 Å². The number of pyridine rings is 2. The van der Waals surface area contributed by atoms with Crippen molar-refractivity contribution < 1.29 is 23.0 Å². The number of amides is 1. The normalized spacial score (nSPS) is 10.9. The molecule has 0 saturated heterocycles. The van der Waals surface area contributed by atoms with E-state index in [4.69, 9.17) is 15.2 Å². The summed E-state index contributed by atoms with van der Waals surface area (Å²) in [6, 6.07) is 11.1. The molecule has 0 aliphatic rings. The molecule has 0 radical (unpaired) electrons. The molecule has 2 heterocycles. The van der Waals surface area contributed by atoms with Crippen molar-refractivity contribution >= 4 is 39.1 Å². The highest BCUT2D eigenvalue weighted by atomic mass is 19.1. The van der Waals surface area contributed by atoms with Gasteiger partial charge in [0.15, 0.2) is 0 Å². The Kier molecular flexibility index (Phi) is 5.35. The summed E-state index contributed by atoms with van der Waals surface area (Å²) in [4.78, 5) is 31.1. The lowest BCUT2D eigenvalue weighted by atomic mass is 10.1. The molecule has 0 saturated carbocycles. The average Bonchev–Trinajstić information content (AvgIpc) is 2.75. The maximum atomic E-state index is 13.0. The highest BCUT2D eigenvalue weighted by Crippen LogP contribution is 2.37. The Bertz CT molecular complexity index is 1360. The molecular weight excluding hydrogens is 410 g/mol. The number of hydrogen-bond acceptors (Lipinski definition) is 6. The van der Waals surface area contributed by atoms with Crippen LogP contribution < -0.4 is 26.1 Å². The lowest BCUT2D eigenvalue weighted by Crippen LogP contribution is -2.14. The Labute approximate surface area is 173 Å². The number of alkyl halides is 2. The molecule has 8 nitrogen and oxygen atoms in total. The molecule has 1 amide bonds. The number of carbonyl (C=O) groups excluding carboxylic acids is 1. The zero-order chi connectivity index (χ0) is 22.0. The van der Waals surface area contributed by atoms with Gasteiger partial charge < -0.3 is 25.5 Å². The van der Waals surface area contributed by atoms with Crippen LogP contribution in [0.5, 0.6) is 11.5 Å². The van der Waals surface area contributed by atoms with Crippen LogP contribution in [0.1, 0.15) is 10.4 Å². The van der Waals surface area contributed by atoms with E-state index in [2.05, 4.69) is 15.3 Å². The fraction of sp³-hybridized carbons (Fsp3) is 0.0952. The smallest absolute Gasteiger partial charge is 0.257 e. The zero-order valence-corrected chi connectivity index (χ0v) is 15.9. The summed E-state index contributed by atoms with van der Waals surface area (Å²) in [5, 5.41) is 4.75. The number of halogens is 2. The van der Waals surface area contributed by atoms with Crippen molar-refractivity contribution in [2.75, 3.05) is 19.0 Å². The second-order valence-corrected chi connectivity index (χ2v) is 6.42. The molecule has 4 rings (SSSR count). The van der Waals surface area contributed by atoms with Crippen molar-refractivity contribution in [1.82, 2.24) is 9.97 Å². The highest BCUT2D eigenvalue weighted by molar-refractivity contribution is 6.11. The molecule has 0 fully saturated rings. The Morgan fingerprint density at radius 2 is 1.74 bits per heavy atom. The van der Waals surface area contributed by atoms with Crippen LogP contribution in [0.4, 0.5) is 20.2 Å². The quantitative estimate of drug-likeness (QED) is 0.389. The minimum Gasteiger partial charge on any atom is -0.462 e. The number of ether oxygens (including phenoxy) is 2. The SMILES string of the molecule is NC(=O)c1cc(Nc2ccnc3[nH]c(=O)c4ccccc4c23)c(OCF)cc1OCF. The molecule has 4 aromatic rings.